The van der Waals surface area contributed by atoms with Gasteiger partial charge in [0, 0.05) is 0 Å². The highest BCUT2D eigenvalue weighted by atomic mass is 79.9. The van der Waals surface area contributed by atoms with Crippen molar-refractivity contribution in [1.29, 1.82) is 0 Å². The predicted octanol–water partition coefficient (Wildman–Crippen LogP) is 5.76. The zero-order chi connectivity index (χ0) is 19.2. The Morgan fingerprint density at radius 1 is 0.963 bits per heavy atom. The van der Waals surface area contributed by atoms with E-state index in [0.717, 1.165) is 10.9 Å². The Kier molecular flexibility index (Phi) is 6.35. The third-order valence-electron chi connectivity index (χ3n) is 4.07. The first kappa shape index (κ1) is 19.2. The Balaban J connectivity index is 1.90. The van der Waals surface area contributed by atoms with Gasteiger partial charge >= 0.3 is 5.97 Å². The van der Waals surface area contributed by atoms with E-state index in [4.69, 9.17) is 14.2 Å². The molecule has 3 aromatic carbocycles. The Morgan fingerprint density at radius 2 is 1.74 bits per heavy atom. The van der Waals surface area contributed by atoms with Gasteiger partial charge in [0.05, 0.1) is 23.2 Å². The third-order valence-corrected chi connectivity index (χ3v) is 4.66. The highest BCUT2D eigenvalue weighted by Gasteiger charge is 2.17. The molecule has 0 unspecified atom stereocenters. The minimum absolute atomic E-state index is 0.319. The number of esters is 1. The third kappa shape index (κ3) is 4.42. The van der Waals surface area contributed by atoms with Gasteiger partial charge in [-0.3, -0.25) is 0 Å². The summed E-state index contributed by atoms with van der Waals surface area (Å²) >= 11 is 3.50. The lowest BCUT2D eigenvalue weighted by atomic mass is 10.1. The molecule has 0 fully saturated rings. The summed E-state index contributed by atoms with van der Waals surface area (Å²) in [6.45, 7) is 4.83. The van der Waals surface area contributed by atoms with Crippen LogP contribution in [-0.2, 0) is 11.3 Å². The number of carbonyl (C=O) groups is 1. The summed E-state index contributed by atoms with van der Waals surface area (Å²) in [6, 6.07) is 17.7. The largest absolute Gasteiger partial charge is 0.490 e. The van der Waals surface area contributed by atoms with E-state index in [9.17, 15) is 4.79 Å². The molecular weight excluding hydrogens is 408 g/mol. The number of carbonyl (C=O) groups excluding carboxylic acids is 1. The first-order valence-electron chi connectivity index (χ1n) is 8.87. The fraction of sp³-hybridized carbons (Fsp3) is 0.227. The van der Waals surface area contributed by atoms with E-state index in [1.807, 2.05) is 31.2 Å². The van der Waals surface area contributed by atoms with Gasteiger partial charge in [-0.05, 0) is 58.2 Å². The van der Waals surface area contributed by atoms with E-state index in [1.54, 1.807) is 19.1 Å². The minimum Gasteiger partial charge on any atom is -0.490 e. The normalized spacial score (nSPS) is 10.6. The van der Waals surface area contributed by atoms with E-state index >= 15 is 0 Å². The monoisotopic (exact) mass is 428 g/mol. The first-order chi connectivity index (χ1) is 13.1. The number of fused-ring (bicyclic) bond motifs is 1. The van der Waals surface area contributed by atoms with Gasteiger partial charge in [0.25, 0.3) is 0 Å². The molecule has 0 heterocycles. The van der Waals surface area contributed by atoms with Crippen molar-refractivity contribution >= 4 is 32.7 Å². The van der Waals surface area contributed by atoms with Crippen molar-refractivity contribution in [2.45, 2.75) is 20.5 Å². The standard InChI is InChI=1S/C22H21BrO4/c1-3-25-20-13-17(22(24)26-4-2)12-19(23)21(20)27-14-16-10-7-9-15-8-5-6-11-18(15)16/h5-13H,3-4,14H2,1-2H3. The van der Waals surface area contributed by atoms with Crippen molar-refractivity contribution in [3.05, 3.63) is 70.2 Å². The summed E-state index contributed by atoms with van der Waals surface area (Å²) in [5, 5.41) is 2.32. The highest BCUT2D eigenvalue weighted by molar-refractivity contribution is 9.10. The van der Waals surface area contributed by atoms with Crippen LogP contribution in [0.1, 0.15) is 29.8 Å². The molecule has 4 nitrogen and oxygen atoms in total. The van der Waals surface area contributed by atoms with Gasteiger partial charge in [0.2, 0.25) is 0 Å². The lowest BCUT2D eigenvalue weighted by Crippen LogP contribution is -2.07. The van der Waals surface area contributed by atoms with Crippen LogP contribution in [0, 0.1) is 0 Å². The van der Waals surface area contributed by atoms with Crippen LogP contribution < -0.4 is 9.47 Å². The Hall–Kier alpha value is -2.53. The smallest absolute Gasteiger partial charge is 0.338 e. The van der Waals surface area contributed by atoms with Gasteiger partial charge in [-0.1, -0.05) is 42.5 Å². The summed E-state index contributed by atoms with van der Waals surface area (Å²) in [6.07, 6.45) is 0. The summed E-state index contributed by atoms with van der Waals surface area (Å²) in [5.74, 6) is 0.688. The van der Waals surface area contributed by atoms with E-state index in [2.05, 4.69) is 34.1 Å². The Morgan fingerprint density at radius 3 is 2.52 bits per heavy atom. The molecule has 27 heavy (non-hydrogen) atoms. The van der Waals surface area contributed by atoms with E-state index < -0.39 is 0 Å². The molecule has 0 spiro atoms. The first-order valence-corrected chi connectivity index (χ1v) is 9.66. The molecule has 0 amide bonds. The van der Waals surface area contributed by atoms with Crippen molar-refractivity contribution in [3.63, 3.8) is 0 Å². The number of hydrogen-bond acceptors (Lipinski definition) is 4. The molecule has 0 aliphatic heterocycles. The molecule has 0 bridgehead atoms. The Bertz CT molecular complexity index is 947. The van der Waals surface area contributed by atoms with E-state index in [0.29, 0.717) is 41.4 Å². The summed E-state index contributed by atoms with van der Waals surface area (Å²) < 4.78 is 17.5. The fourth-order valence-corrected chi connectivity index (χ4v) is 3.43. The summed E-state index contributed by atoms with van der Waals surface area (Å²) in [4.78, 5) is 12.1. The van der Waals surface area contributed by atoms with Crippen LogP contribution >= 0.6 is 15.9 Å². The molecule has 5 heteroatoms. The van der Waals surface area contributed by atoms with Crippen LogP contribution in [0.2, 0.25) is 0 Å². The van der Waals surface area contributed by atoms with E-state index in [1.165, 1.54) is 5.39 Å². The number of rotatable bonds is 7. The maximum absolute atomic E-state index is 12.1. The molecule has 0 aromatic heterocycles. The lowest BCUT2D eigenvalue weighted by Gasteiger charge is -2.16. The maximum Gasteiger partial charge on any atom is 0.338 e. The summed E-state index contributed by atoms with van der Waals surface area (Å²) in [7, 11) is 0. The molecule has 3 aromatic rings. The maximum atomic E-state index is 12.1. The molecular formula is C22H21BrO4. The number of halogens is 1. The molecule has 3 rings (SSSR count). The molecule has 0 aliphatic carbocycles. The minimum atomic E-state index is -0.389. The molecule has 140 valence electrons. The van der Waals surface area contributed by atoms with Gasteiger partial charge in [-0.15, -0.1) is 0 Å². The van der Waals surface area contributed by atoms with Gasteiger partial charge < -0.3 is 14.2 Å². The van der Waals surface area contributed by atoms with Gasteiger partial charge in [-0.2, -0.15) is 0 Å². The molecule has 0 saturated heterocycles. The van der Waals surface area contributed by atoms with Crippen molar-refractivity contribution in [2.24, 2.45) is 0 Å². The quantitative estimate of drug-likeness (QED) is 0.448. The average molecular weight is 429 g/mol. The average Bonchev–Trinajstić information content (AvgIpc) is 2.67. The zero-order valence-corrected chi connectivity index (χ0v) is 16.9. The molecule has 0 atom stereocenters. The van der Waals surface area contributed by atoms with Crippen molar-refractivity contribution in [2.75, 3.05) is 13.2 Å². The predicted molar refractivity (Wildman–Crippen MR) is 110 cm³/mol. The Labute approximate surface area is 167 Å². The highest BCUT2D eigenvalue weighted by Crippen LogP contribution is 2.38. The number of ether oxygens (including phenoxy) is 3. The van der Waals surface area contributed by atoms with Crippen molar-refractivity contribution in [3.8, 4) is 11.5 Å². The van der Waals surface area contributed by atoms with Gasteiger partial charge in [-0.25, -0.2) is 4.79 Å². The molecule has 0 aliphatic rings. The molecule has 0 N–H and O–H groups in total. The fourth-order valence-electron chi connectivity index (χ4n) is 2.87. The SMILES string of the molecule is CCOC(=O)c1cc(Br)c(OCc2cccc3ccccc23)c(OCC)c1. The van der Waals surface area contributed by atoms with Gasteiger partial charge in [0.1, 0.15) is 6.61 Å². The van der Waals surface area contributed by atoms with Crippen LogP contribution in [0.25, 0.3) is 10.8 Å². The second kappa shape index (κ2) is 8.91. The lowest BCUT2D eigenvalue weighted by molar-refractivity contribution is 0.0525. The van der Waals surface area contributed by atoms with E-state index in [-0.39, 0.29) is 5.97 Å². The van der Waals surface area contributed by atoms with Crippen LogP contribution in [0.5, 0.6) is 11.5 Å². The van der Waals surface area contributed by atoms with Gasteiger partial charge in [0.15, 0.2) is 11.5 Å². The van der Waals surface area contributed by atoms with Crippen molar-refractivity contribution in [1.82, 2.24) is 0 Å². The topological polar surface area (TPSA) is 44.8 Å². The van der Waals surface area contributed by atoms with Crippen LogP contribution in [0.15, 0.2) is 59.1 Å². The summed E-state index contributed by atoms with van der Waals surface area (Å²) in [5.41, 5.74) is 1.50. The molecule has 0 radical (unpaired) electrons. The van der Waals surface area contributed by atoms with Crippen molar-refractivity contribution < 1.29 is 19.0 Å². The number of hydrogen-bond donors (Lipinski definition) is 0. The number of benzene rings is 3. The zero-order valence-electron chi connectivity index (χ0n) is 15.3. The van der Waals surface area contributed by atoms with Crippen LogP contribution in [0.3, 0.4) is 0 Å². The molecule has 0 saturated carbocycles. The van der Waals surface area contributed by atoms with Crippen LogP contribution in [-0.4, -0.2) is 19.2 Å². The van der Waals surface area contributed by atoms with Crippen LogP contribution in [0.4, 0.5) is 0 Å². The second-order valence-electron chi connectivity index (χ2n) is 5.87. The second-order valence-corrected chi connectivity index (χ2v) is 6.72.